The largest absolute Gasteiger partial charge is 0.508 e. The molecular weight excluding hydrogens is 399 g/mol. The number of unbranched alkanes of at least 4 members (excludes halogenated alkanes) is 1. The molecule has 0 aliphatic heterocycles. The molecule has 0 aliphatic carbocycles. The summed E-state index contributed by atoms with van der Waals surface area (Å²) in [7, 11) is 0. The molecule has 9 nitrogen and oxygen atoms in total. The first kappa shape index (κ1) is 26.1. The fourth-order valence-electron chi connectivity index (χ4n) is 1.99. The smallest absolute Gasteiger partial charge is 0.490 e. The summed E-state index contributed by atoms with van der Waals surface area (Å²) in [5.41, 5.74) is 11.8. The molecule has 0 unspecified atom stereocenters. The fraction of sp³-hybridized carbons (Fsp3) is 0.471. The van der Waals surface area contributed by atoms with Crippen LogP contribution in [0.2, 0.25) is 0 Å². The lowest BCUT2D eigenvalue weighted by molar-refractivity contribution is -0.192. The van der Waals surface area contributed by atoms with Gasteiger partial charge in [0, 0.05) is 6.42 Å². The van der Waals surface area contributed by atoms with Crippen molar-refractivity contribution in [3.05, 3.63) is 29.8 Å². The van der Waals surface area contributed by atoms with Crippen molar-refractivity contribution in [1.82, 2.24) is 5.32 Å². The molecule has 0 saturated heterocycles. The molecule has 0 aromatic heterocycles. The summed E-state index contributed by atoms with van der Waals surface area (Å²) >= 11 is 0. The van der Waals surface area contributed by atoms with Crippen molar-refractivity contribution in [2.24, 2.45) is 11.5 Å². The second-order valence-corrected chi connectivity index (χ2v) is 5.96. The van der Waals surface area contributed by atoms with Crippen LogP contribution >= 0.6 is 0 Å². The van der Waals surface area contributed by atoms with E-state index in [-0.39, 0.29) is 12.2 Å². The lowest BCUT2D eigenvalue weighted by Gasteiger charge is -2.18. The Morgan fingerprint density at radius 2 is 1.59 bits per heavy atom. The summed E-state index contributed by atoms with van der Waals surface area (Å²) in [6, 6.07) is 4.35. The number of amides is 1. The summed E-state index contributed by atoms with van der Waals surface area (Å²) in [6.07, 6.45) is -3.00. The summed E-state index contributed by atoms with van der Waals surface area (Å²) in [5, 5.41) is 28.0. The van der Waals surface area contributed by atoms with E-state index in [4.69, 9.17) is 21.4 Å². The monoisotopic (exact) mass is 423 g/mol. The first-order valence-corrected chi connectivity index (χ1v) is 8.45. The maximum Gasteiger partial charge on any atom is 0.490 e. The molecule has 0 heterocycles. The Bertz CT molecular complexity index is 667. The number of carboxylic acid groups (broad SMARTS) is 2. The Labute approximate surface area is 164 Å². The molecule has 29 heavy (non-hydrogen) atoms. The molecule has 0 aliphatic rings. The Kier molecular flexibility index (Phi) is 11.3. The molecule has 0 radical (unpaired) electrons. The number of carbonyl (C=O) groups excluding carboxylic acids is 1. The van der Waals surface area contributed by atoms with Gasteiger partial charge in [0.05, 0.1) is 6.04 Å². The van der Waals surface area contributed by atoms with E-state index < -0.39 is 36.1 Å². The number of aromatic hydroxyl groups is 1. The third-order valence-electron chi connectivity index (χ3n) is 3.54. The van der Waals surface area contributed by atoms with Gasteiger partial charge in [-0.15, -0.1) is 0 Å². The standard InChI is InChI=1S/C15H23N3O4.C2HF3O2/c16-8-2-1-3-12(17)14(20)18-13(15(21)22)9-10-4-6-11(19)7-5-10;3-2(4,5)1(6)7/h4-7,12-13,19H,1-3,8-9,16-17H2,(H,18,20)(H,21,22);(H,6,7)/t12-,13-;/m0./s1. The highest BCUT2D eigenvalue weighted by atomic mass is 19.4. The number of aliphatic carboxylic acids is 2. The average Bonchev–Trinajstić information content (AvgIpc) is 2.62. The molecule has 164 valence electrons. The van der Waals surface area contributed by atoms with Gasteiger partial charge >= 0.3 is 18.1 Å². The third kappa shape index (κ3) is 11.5. The predicted octanol–water partition coefficient (Wildman–Crippen LogP) is 0.594. The van der Waals surface area contributed by atoms with E-state index in [1.807, 2.05) is 0 Å². The Morgan fingerprint density at radius 3 is 2.00 bits per heavy atom. The maximum absolute atomic E-state index is 11.9. The van der Waals surface area contributed by atoms with E-state index in [1.54, 1.807) is 12.1 Å². The SMILES string of the molecule is NCCCC[C@H](N)C(=O)N[C@@H](Cc1ccc(O)cc1)C(=O)O.O=C(O)C(F)(F)F. The van der Waals surface area contributed by atoms with Gasteiger partial charge in [-0.1, -0.05) is 18.6 Å². The first-order chi connectivity index (χ1) is 13.4. The number of carboxylic acids is 2. The highest BCUT2D eigenvalue weighted by Gasteiger charge is 2.38. The van der Waals surface area contributed by atoms with Crippen molar-refractivity contribution in [3.8, 4) is 5.75 Å². The molecule has 8 N–H and O–H groups in total. The number of phenolic OH excluding ortho intramolecular Hbond substituents is 1. The van der Waals surface area contributed by atoms with Gasteiger partial charge in [-0.25, -0.2) is 9.59 Å². The molecule has 0 saturated carbocycles. The summed E-state index contributed by atoms with van der Waals surface area (Å²) < 4.78 is 31.7. The van der Waals surface area contributed by atoms with Crippen molar-refractivity contribution >= 4 is 17.8 Å². The van der Waals surface area contributed by atoms with Crippen LogP contribution in [0.25, 0.3) is 0 Å². The van der Waals surface area contributed by atoms with Crippen LogP contribution < -0.4 is 16.8 Å². The first-order valence-electron chi connectivity index (χ1n) is 8.45. The molecule has 1 rings (SSSR count). The van der Waals surface area contributed by atoms with E-state index in [0.717, 1.165) is 12.8 Å². The minimum Gasteiger partial charge on any atom is -0.508 e. The van der Waals surface area contributed by atoms with Crippen molar-refractivity contribution in [3.63, 3.8) is 0 Å². The van der Waals surface area contributed by atoms with Gasteiger partial charge in [0.15, 0.2) is 0 Å². The number of hydrogen-bond acceptors (Lipinski definition) is 6. The van der Waals surface area contributed by atoms with Gasteiger partial charge < -0.3 is 32.1 Å². The minimum absolute atomic E-state index is 0.0987. The van der Waals surface area contributed by atoms with Gasteiger partial charge in [0.25, 0.3) is 0 Å². The highest BCUT2D eigenvalue weighted by molar-refractivity contribution is 5.86. The molecule has 0 fully saturated rings. The van der Waals surface area contributed by atoms with Gasteiger partial charge in [-0.3, -0.25) is 4.79 Å². The van der Waals surface area contributed by atoms with E-state index in [1.165, 1.54) is 12.1 Å². The molecule has 0 spiro atoms. The van der Waals surface area contributed by atoms with Crippen LogP contribution in [-0.2, 0) is 20.8 Å². The molecular formula is C17H24F3N3O6. The van der Waals surface area contributed by atoms with E-state index in [0.29, 0.717) is 18.5 Å². The Hall–Kier alpha value is -2.86. The van der Waals surface area contributed by atoms with Crippen molar-refractivity contribution in [2.45, 2.75) is 43.9 Å². The molecule has 0 bridgehead atoms. The number of rotatable bonds is 9. The summed E-state index contributed by atoms with van der Waals surface area (Å²) in [6.45, 7) is 0.535. The average molecular weight is 423 g/mol. The van der Waals surface area contributed by atoms with Gasteiger partial charge in [0.2, 0.25) is 5.91 Å². The highest BCUT2D eigenvalue weighted by Crippen LogP contribution is 2.13. The number of carbonyl (C=O) groups is 3. The third-order valence-corrected chi connectivity index (χ3v) is 3.54. The van der Waals surface area contributed by atoms with Crippen LogP contribution in [0.15, 0.2) is 24.3 Å². The van der Waals surface area contributed by atoms with Crippen molar-refractivity contribution < 1.29 is 42.9 Å². The zero-order valence-electron chi connectivity index (χ0n) is 15.4. The number of benzene rings is 1. The van der Waals surface area contributed by atoms with Crippen molar-refractivity contribution in [1.29, 1.82) is 0 Å². The second kappa shape index (κ2) is 12.6. The number of nitrogens with one attached hydrogen (secondary N) is 1. The Morgan fingerprint density at radius 1 is 1.07 bits per heavy atom. The molecule has 2 atom stereocenters. The van der Waals surface area contributed by atoms with Gasteiger partial charge in [-0.2, -0.15) is 13.2 Å². The molecule has 12 heteroatoms. The second-order valence-electron chi connectivity index (χ2n) is 5.96. The predicted molar refractivity (Wildman–Crippen MR) is 95.9 cm³/mol. The normalized spacial score (nSPS) is 12.9. The quantitative estimate of drug-likeness (QED) is 0.313. The van der Waals surface area contributed by atoms with Crippen LogP contribution in [0, 0.1) is 0 Å². The lowest BCUT2D eigenvalue weighted by Crippen LogP contribution is -2.49. The van der Waals surface area contributed by atoms with Crippen molar-refractivity contribution in [2.75, 3.05) is 6.54 Å². The topological polar surface area (TPSA) is 176 Å². The zero-order chi connectivity index (χ0) is 22.6. The molecule has 1 aromatic carbocycles. The van der Waals surface area contributed by atoms with Crippen LogP contribution in [0.3, 0.4) is 0 Å². The Balaban J connectivity index is 0.000000956. The van der Waals surface area contributed by atoms with Crippen LogP contribution in [-0.4, -0.2) is 58.0 Å². The molecule has 1 amide bonds. The summed E-state index contributed by atoms with van der Waals surface area (Å²) in [4.78, 5) is 32.1. The van der Waals surface area contributed by atoms with Gasteiger partial charge in [0.1, 0.15) is 11.8 Å². The zero-order valence-corrected chi connectivity index (χ0v) is 15.4. The number of halogens is 3. The fourth-order valence-corrected chi connectivity index (χ4v) is 1.99. The number of nitrogens with two attached hydrogens (primary N) is 2. The number of hydrogen-bond donors (Lipinski definition) is 6. The number of phenols is 1. The lowest BCUT2D eigenvalue weighted by atomic mass is 10.0. The van der Waals surface area contributed by atoms with Crippen LogP contribution in [0.1, 0.15) is 24.8 Å². The molecule has 1 aromatic rings. The van der Waals surface area contributed by atoms with E-state index in [9.17, 15) is 33.0 Å². The summed E-state index contributed by atoms with van der Waals surface area (Å²) in [5.74, 6) is -4.27. The maximum atomic E-state index is 11.9. The van der Waals surface area contributed by atoms with Crippen LogP contribution in [0.4, 0.5) is 13.2 Å². The van der Waals surface area contributed by atoms with Crippen LogP contribution in [0.5, 0.6) is 5.75 Å². The van der Waals surface area contributed by atoms with E-state index in [2.05, 4.69) is 5.32 Å². The van der Waals surface area contributed by atoms with E-state index >= 15 is 0 Å². The van der Waals surface area contributed by atoms with Gasteiger partial charge in [-0.05, 0) is 37.1 Å². The minimum atomic E-state index is -5.08. The number of alkyl halides is 3.